The van der Waals surface area contributed by atoms with Crippen LogP contribution in [-0.4, -0.2) is 10.9 Å². The van der Waals surface area contributed by atoms with Crippen LogP contribution in [0.5, 0.6) is 0 Å². The van der Waals surface area contributed by atoms with Gasteiger partial charge in [-0.05, 0) is 25.5 Å². The first-order valence-corrected chi connectivity index (χ1v) is 6.80. The number of aromatic nitrogens is 1. The molecule has 1 atom stereocenters. The van der Waals surface area contributed by atoms with E-state index in [1.165, 1.54) is 0 Å². The number of benzene rings is 1. The third-order valence-electron chi connectivity index (χ3n) is 3.67. The first-order chi connectivity index (χ1) is 10.1. The molecule has 0 saturated heterocycles. The maximum Gasteiger partial charge on any atom is 0.236 e. The Morgan fingerprint density at radius 1 is 1.43 bits per heavy atom. The highest BCUT2D eigenvalue weighted by Crippen LogP contribution is 2.40. The molecule has 5 heteroatoms. The first-order valence-electron chi connectivity index (χ1n) is 6.80. The monoisotopic (exact) mass is 281 g/mol. The number of hydrogen-bond acceptors (Lipinski definition) is 4. The number of carbonyl (C=O) groups excluding carboxylic acids is 1. The summed E-state index contributed by atoms with van der Waals surface area (Å²) < 4.78 is 5.46. The van der Waals surface area contributed by atoms with Crippen LogP contribution < -0.4 is 4.90 Å². The van der Waals surface area contributed by atoms with Crippen molar-refractivity contribution in [3.63, 3.8) is 0 Å². The van der Waals surface area contributed by atoms with Crippen molar-refractivity contribution in [3.05, 3.63) is 47.2 Å². The Morgan fingerprint density at radius 3 is 2.90 bits per heavy atom. The second kappa shape index (κ2) is 5.06. The van der Waals surface area contributed by atoms with Gasteiger partial charge in [-0.1, -0.05) is 17.7 Å². The van der Waals surface area contributed by atoms with Gasteiger partial charge in [-0.3, -0.25) is 4.79 Å². The van der Waals surface area contributed by atoms with Gasteiger partial charge in [0.1, 0.15) is 12.3 Å². The Kier molecular flexibility index (Phi) is 3.22. The zero-order valence-electron chi connectivity index (χ0n) is 12.0. The van der Waals surface area contributed by atoms with Crippen molar-refractivity contribution in [3.8, 4) is 6.07 Å². The van der Waals surface area contributed by atoms with E-state index in [1.54, 1.807) is 11.1 Å². The van der Waals surface area contributed by atoms with Crippen LogP contribution in [0.1, 0.15) is 35.1 Å². The summed E-state index contributed by atoms with van der Waals surface area (Å²) in [7, 11) is 0. The number of aryl methyl sites for hydroxylation is 2. The lowest BCUT2D eigenvalue weighted by Gasteiger charge is -2.15. The smallest absolute Gasteiger partial charge is 0.236 e. The van der Waals surface area contributed by atoms with Crippen LogP contribution in [0.25, 0.3) is 0 Å². The maximum atomic E-state index is 12.6. The molecule has 2 aromatic rings. The Bertz CT molecular complexity index is 742. The fraction of sp³-hybridized carbons (Fsp3) is 0.312. The number of hydrogen-bond donors (Lipinski definition) is 0. The summed E-state index contributed by atoms with van der Waals surface area (Å²) in [6, 6.07) is 7.98. The molecule has 21 heavy (non-hydrogen) atoms. The van der Waals surface area contributed by atoms with Gasteiger partial charge < -0.3 is 9.32 Å². The summed E-state index contributed by atoms with van der Waals surface area (Å²) in [5.41, 5.74) is 2.85. The summed E-state index contributed by atoms with van der Waals surface area (Å²) in [5.74, 6) is 0.772. The number of anilines is 1. The fourth-order valence-electron chi connectivity index (χ4n) is 2.70. The van der Waals surface area contributed by atoms with Gasteiger partial charge in [0, 0.05) is 5.69 Å². The highest BCUT2D eigenvalue weighted by atomic mass is 16.4. The van der Waals surface area contributed by atoms with Gasteiger partial charge in [-0.2, -0.15) is 5.26 Å². The van der Waals surface area contributed by atoms with Crippen molar-refractivity contribution < 1.29 is 9.21 Å². The lowest BCUT2D eigenvalue weighted by atomic mass is 9.96. The van der Waals surface area contributed by atoms with E-state index >= 15 is 0 Å². The molecule has 0 aliphatic carbocycles. The number of nitriles is 1. The van der Waals surface area contributed by atoms with E-state index in [-0.39, 0.29) is 18.2 Å². The van der Waals surface area contributed by atoms with Crippen molar-refractivity contribution in [2.24, 2.45) is 0 Å². The quantitative estimate of drug-likeness (QED) is 0.867. The molecule has 1 amide bonds. The summed E-state index contributed by atoms with van der Waals surface area (Å²) in [6.45, 7) is 4.09. The number of nitrogens with zero attached hydrogens (tertiary/aromatic N) is 3. The van der Waals surface area contributed by atoms with Crippen molar-refractivity contribution in [1.82, 2.24) is 4.98 Å². The highest BCUT2D eigenvalue weighted by Gasteiger charge is 2.37. The molecular formula is C16H15N3O2. The minimum absolute atomic E-state index is 0.0620. The molecule has 0 unspecified atom stereocenters. The van der Waals surface area contributed by atoms with Crippen LogP contribution >= 0.6 is 0 Å². The van der Waals surface area contributed by atoms with Crippen LogP contribution in [-0.2, 0) is 11.3 Å². The minimum atomic E-state index is -0.388. The van der Waals surface area contributed by atoms with E-state index < -0.39 is 0 Å². The molecule has 1 aliphatic heterocycles. The van der Waals surface area contributed by atoms with E-state index in [1.807, 2.05) is 32.0 Å². The molecular weight excluding hydrogens is 266 g/mol. The number of rotatable bonds is 3. The molecule has 1 aromatic heterocycles. The van der Waals surface area contributed by atoms with Crippen LogP contribution in [0.15, 0.2) is 28.8 Å². The van der Waals surface area contributed by atoms with Gasteiger partial charge in [0.05, 0.1) is 24.6 Å². The predicted molar refractivity (Wildman–Crippen MR) is 76.6 cm³/mol. The minimum Gasteiger partial charge on any atom is -0.444 e. The third kappa shape index (κ3) is 2.29. The number of amides is 1. The molecule has 1 aliphatic rings. The van der Waals surface area contributed by atoms with Crippen molar-refractivity contribution in [2.75, 3.05) is 4.90 Å². The number of fused-ring (bicyclic) bond motifs is 1. The molecule has 0 saturated carbocycles. The van der Waals surface area contributed by atoms with E-state index in [0.717, 1.165) is 16.8 Å². The Labute approximate surface area is 122 Å². The van der Waals surface area contributed by atoms with Crippen LogP contribution in [0.3, 0.4) is 0 Å². The van der Waals surface area contributed by atoms with Crippen LogP contribution in [0, 0.1) is 25.2 Å². The summed E-state index contributed by atoms with van der Waals surface area (Å²) in [4.78, 5) is 18.4. The van der Waals surface area contributed by atoms with Gasteiger partial charge in [-0.15, -0.1) is 0 Å². The van der Waals surface area contributed by atoms with Gasteiger partial charge in [0.15, 0.2) is 0 Å². The zero-order valence-corrected chi connectivity index (χ0v) is 12.0. The largest absolute Gasteiger partial charge is 0.444 e. The molecule has 0 radical (unpaired) electrons. The normalized spacial score (nSPS) is 16.9. The fourth-order valence-corrected chi connectivity index (χ4v) is 2.70. The van der Waals surface area contributed by atoms with E-state index in [9.17, 15) is 4.79 Å². The topological polar surface area (TPSA) is 70.1 Å². The van der Waals surface area contributed by atoms with Gasteiger partial charge in [-0.25, -0.2) is 4.98 Å². The van der Waals surface area contributed by atoms with Crippen molar-refractivity contribution in [1.29, 1.82) is 5.26 Å². The Morgan fingerprint density at radius 2 is 2.24 bits per heavy atom. The van der Waals surface area contributed by atoms with E-state index in [4.69, 9.17) is 9.68 Å². The molecule has 0 N–H and O–H groups in total. The Balaban J connectivity index is 1.98. The second-order valence-electron chi connectivity index (χ2n) is 5.27. The van der Waals surface area contributed by atoms with Gasteiger partial charge in [0.2, 0.25) is 11.8 Å². The highest BCUT2D eigenvalue weighted by molar-refractivity contribution is 6.05. The molecule has 106 valence electrons. The summed E-state index contributed by atoms with van der Waals surface area (Å²) >= 11 is 0. The second-order valence-corrected chi connectivity index (χ2v) is 5.27. The van der Waals surface area contributed by atoms with Crippen LogP contribution in [0.4, 0.5) is 5.69 Å². The third-order valence-corrected chi connectivity index (χ3v) is 3.67. The lowest BCUT2D eigenvalue weighted by molar-refractivity contribution is -0.119. The molecule has 1 aromatic carbocycles. The number of carbonyl (C=O) groups is 1. The van der Waals surface area contributed by atoms with Crippen LogP contribution in [0.2, 0.25) is 0 Å². The van der Waals surface area contributed by atoms with E-state index in [2.05, 4.69) is 11.1 Å². The van der Waals surface area contributed by atoms with Gasteiger partial charge >= 0.3 is 0 Å². The van der Waals surface area contributed by atoms with E-state index in [0.29, 0.717) is 18.2 Å². The number of oxazole rings is 1. The Hall–Kier alpha value is -2.61. The van der Waals surface area contributed by atoms with Crippen molar-refractivity contribution >= 4 is 11.6 Å². The van der Waals surface area contributed by atoms with Gasteiger partial charge in [0.25, 0.3) is 0 Å². The lowest BCUT2D eigenvalue weighted by Crippen LogP contribution is -2.28. The molecule has 2 heterocycles. The summed E-state index contributed by atoms with van der Waals surface area (Å²) in [5, 5.41) is 8.97. The molecule has 0 spiro atoms. The average molecular weight is 281 g/mol. The molecule has 3 rings (SSSR count). The molecule has 0 bridgehead atoms. The predicted octanol–water partition coefficient (Wildman–Crippen LogP) is 2.84. The molecule has 5 nitrogen and oxygen atoms in total. The first kappa shape index (κ1) is 13.4. The maximum absolute atomic E-state index is 12.6. The summed E-state index contributed by atoms with van der Waals surface area (Å²) in [6.07, 6.45) is 1.83. The van der Waals surface area contributed by atoms with Crippen molar-refractivity contribution in [2.45, 2.75) is 32.7 Å². The molecule has 0 fully saturated rings. The SMILES string of the molecule is Cc1ccc2c(c1)[C@@H](CC#N)C(=O)N2Cc1ncc(C)o1. The average Bonchev–Trinajstić information content (AvgIpc) is 2.96. The zero-order chi connectivity index (χ0) is 15.0. The standard InChI is InChI=1S/C16H15N3O2/c1-10-3-4-14-13(7-10)12(5-6-17)16(20)19(14)9-15-18-8-11(2)21-15/h3-4,7-8,12H,5,9H2,1-2H3/t12-/m1/s1.